The predicted molar refractivity (Wildman–Crippen MR) is 185 cm³/mol. The average molecular weight is 632 g/mol. The molecular formula is C38H65NO6. The van der Waals surface area contributed by atoms with Crippen molar-refractivity contribution < 1.29 is 30.0 Å². The summed E-state index contributed by atoms with van der Waals surface area (Å²) in [6, 6.07) is -0.731. The first kappa shape index (κ1) is 41.0. The number of Topliss-reactive ketones (excluding diaryl/α,β-unsaturated/α-hetero) is 1. The van der Waals surface area contributed by atoms with Gasteiger partial charge >= 0.3 is 0 Å². The molecular weight excluding hydrogens is 566 g/mol. The molecule has 1 aliphatic rings. The van der Waals surface area contributed by atoms with E-state index in [0.29, 0.717) is 25.7 Å². The van der Waals surface area contributed by atoms with Gasteiger partial charge in [0.2, 0.25) is 5.91 Å². The van der Waals surface area contributed by atoms with Crippen molar-refractivity contribution >= 4 is 11.7 Å². The number of hydrogen-bond donors (Lipinski definition) is 5. The van der Waals surface area contributed by atoms with Crippen molar-refractivity contribution in [2.75, 3.05) is 6.61 Å². The molecule has 1 amide bonds. The lowest BCUT2D eigenvalue weighted by atomic mass is 9.90. The molecule has 0 aromatic carbocycles. The van der Waals surface area contributed by atoms with Crippen LogP contribution in [0, 0.1) is 11.8 Å². The monoisotopic (exact) mass is 631 g/mol. The number of rotatable bonds is 27. The van der Waals surface area contributed by atoms with Crippen LogP contribution in [-0.4, -0.2) is 63.1 Å². The highest BCUT2D eigenvalue weighted by Gasteiger charge is 2.39. The van der Waals surface area contributed by atoms with Crippen LogP contribution in [0.15, 0.2) is 48.6 Å². The highest BCUT2D eigenvalue weighted by molar-refractivity contribution is 5.84. The van der Waals surface area contributed by atoms with Crippen LogP contribution in [0.2, 0.25) is 0 Å². The summed E-state index contributed by atoms with van der Waals surface area (Å²) in [6.07, 6.45) is 31.1. The Balaban J connectivity index is 2.25. The average Bonchev–Trinajstić information content (AvgIpc) is 3.29. The summed E-state index contributed by atoms with van der Waals surface area (Å²) in [5.74, 6) is -0.762. The van der Waals surface area contributed by atoms with Crippen molar-refractivity contribution in [1.29, 1.82) is 0 Å². The second kappa shape index (κ2) is 27.1. The lowest BCUT2D eigenvalue weighted by Gasteiger charge is -2.19. The summed E-state index contributed by atoms with van der Waals surface area (Å²) in [7, 11) is 0. The van der Waals surface area contributed by atoms with Gasteiger partial charge in [0.05, 0.1) is 31.0 Å². The molecule has 0 heterocycles. The SMILES string of the molecule is CCC/C=C\CCCCCCCC/C=C/[C@@H](O)[C@H](CO)NC(=O)CCC/C=C\C[C@H]1C(=O)C[C@@H](O)[C@@H]1/C=C/[C@@H](O)CCCCC. The Kier molecular flexibility index (Phi) is 24.7. The molecule has 1 fully saturated rings. The molecule has 1 aliphatic carbocycles. The van der Waals surface area contributed by atoms with Crippen LogP contribution >= 0.6 is 0 Å². The van der Waals surface area contributed by atoms with Gasteiger partial charge in [0.25, 0.3) is 0 Å². The largest absolute Gasteiger partial charge is 0.394 e. The molecule has 7 nitrogen and oxygen atoms in total. The Bertz CT molecular complexity index is 881. The number of amides is 1. The van der Waals surface area contributed by atoms with Gasteiger partial charge in [-0.15, -0.1) is 0 Å². The molecule has 0 aliphatic heterocycles. The fourth-order valence-electron chi connectivity index (χ4n) is 5.75. The standard InChI is InChI=1S/C38H65NO6/c1-3-5-7-8-9-10-11-12-13-14-15-16-21-25-35(42)34(30-40)39-38(45)26-22-18-17-20-24-32-33(37(44)29-36(32)43)28-27-31(41)23-19-6-4-2/h7-8,17,20-21,25,27-28,31-35,37,40-42,44H,3-6,9-16,18-19,22-24,26,29-30H2,1-2H3,(H,39,45)/b8-7-,20-17-,25-21+,28-27+/t31-,32+,33+,34-,35+,37+/m0/s1. The van der Waals surface area contributed by atoms with E-state index < -0.39 is 24.4 Å². The maximum atomic E-state index is 12.4. The van der Waals surface area contributed by atoms with Crippen LogP contribution in [0.25, 0.3) is 0 Å². The third-order valence-electron chi connectivity index (χ3n) is 8.63. The van der Waals surface area contributed by atoms with Crippen LogP contribution in [0.3, 0.4) is 0 Å². The van der Waals surface area contributed by atoms with Gasteiger partial charge in [0.1, 0.15) is 5.78 Å². The second-order valence-electron chi connectivity index (χ2n) is 12.7. The molecule has 7 heteroatoms. The number of carbonyl (C=O) groups is 2. The highest BCUT2D eigenvalue weighted by Crippen LogP contribution is 2.33. The van der Waals surface area contributed by atoms with E-state index in [2.05, 4.69) is 31.3 Å². The van der Waals surface area contributed by atoms with E-state index >= 15 is 0 Å². The van der Waals surface area contributed by atoms with Crippen LogP contribution in [-0.2, 0) is 9.59 Å². The van der Waals surface area contributed by atoms with Crippen molar-refractivity contribution in [2.24, 2.45) is 11.8 Å². The molecule has 0 aromatic heterocycles. The van der Waals surface area contributed by atoms with Crippen LogP contribution in [0.4, 0.5) is 0 Å². The number of allylic oxidation sites excluding steroid dienone is 5. The number of ketones is 1. The van der Waals surface area contributed by atoms with Gasteiger partial charge < -0.3 is 25.7 Å². The summed E-state index contributed by atoms with van der Waals surface area (Å²) in [5.41, 5.74) is 0. The molecule has 0 saturated heterocycles. The Hall–Kier alpha value is -2.06. The summed E-state index contributed by atoms with van der Waals surface area (Å²) >= 11 is 0. The molecule has 45 heavy (non-hydrogen) atoms. The van der Waals surface area contributed by atoms with Crippen LogP contribution in [0.5, 0.6) is 0 Å². The van der Waals surface area contributed by atoms with E-state index in [4.69, 9.17) is 0 Å². The van der Waals surface area contributed by atoms with E-state index in [1.54, 1.807) is 12.2 Å². The van der Waals surface area contributed by atoms with Gasteiger partial charge in [-0.2, -0.15) is 0 Å². The quantitative estimate of drug-likeness (QED) is 0.0489. The molecule has 6 atom stereocenters. The second-order valence-corrected chi connectivity index (χ2v) is 12.7. The molecule has 0 bridgehead atoms. The first-order valence-corrected chi connectivity index (χ1v) is 18.0. The van der Waals surface area contributed by atoms with E-state index in [9.17, 15) is 30.0 Å². The molecule has 1 saturated carbocycles. The summed E-state index contributed by atoms with van der Waals surface area (Å²) in [5, 5.41) is 43.4. The van der Waals surface area contributed by atoms with Crippen LogP contribution < -0.4 is 5.32 Å². The molecule has 0 radical (unpaired) electrons. The van der Waals surface area contributed by atoms with E-state index in [1.165, 1.54) is 51.4 Å². The molecule has 0 aromatic rings. The number of aliphatic hydroxyl groups excluding tert-OH is 4. The third kappa shape index (κ3) is 19.9. The zero-order chi connectivity index (χ0) is 33.1. The minimum Gasteiger partial charge on any atom is -0.394 e. The number of unbranched alkanes of at least 4 members (excludes halogenated alkanes) is 11. The van der Waals surface area contributed by atoms with Crippen LogP contribution in [0.1, 0.15) is 136 Å². The van der Waals surface area contributed by atoms with Crippen molar-refractivity contribution in [3.63, 3.8) is 0 Å². The highest BCUT2D eigenvalue weighted by atomic mass is 16.3. The number of hydrogen-bond acceptors (Lipinski definition) is 6. The first-order valence-electron chi connectivity index (χ1n) is 18.0. The lowest BCUT2D eigenvalue weighted by molar-refractivity contribution is -0.123. The lowest BCUT2D eigenvalue weighted by Crippen LogP contribution is -2.45. The van der Waals surface area contributed by atoms with E-state index in [0.717, 1.165) is 32.1 Å². The number of aliphatic hydroxyl groups is 4. The van der Waals surface area contributed by atoms with Crippen molar-refractivity contribution in [3.8, 4) is 0 Å². The zero-order valence-electron chi connectivity index (χ0n) is 28.3. The minimum absolute atomic E-state index is 0.0427. The van der Waals surface area contributed by atoms with Gasteiger partial charge in [0.15, 0.2) is 0 Å². The molecule has 0 spiro atoms. The van der Waals surface area contributed by atoms with Gasteiger partial charge in [0, 0.05) is 24.7 Å². The summed E-state index contributed by atoms with van der Waals surface area (Å²) < 4.78 is 0. The zero-order valence-corrected chi connectivity index (χ0v) is 28.3. The Morgan fingerprint density at radius 3 is 2.16 bits per heavy atom. The molecule has 258 valence electrons. The van der Waals surface area contributed by atoms with Gasteiger partial charge in [-0.05, 0) is 57.8 Å². The number of carbonyl (C=O) groups excluding carboxylic acids is 2. The summed E-state index contributed by atoms with van der Waals surface area (Å²) in [6.45, 7) is 3.98. The molecule has 1 rings (SSSR count). The smallest absolute Gasteiger partial charge is 0.220 e. The van der Waals surface area contributed by atoms with Gasteiger partial charge in [-0.25, -0.2) is 0 Å². The Labute approximate surface area is 274 Å². The van der Waals surface area contributed by atoms with Crippen molar-refractivity contribution in [3.05, 3.63) is 48.6 Å². The van der Waals surface area contributed by atoms with E-state index in [1.807, 2.05) is 24.3 Å². The Morgan fingerprint density at radius 2 is 1.47 bits per heavy atom. The summed E-state index contributed by atoms with van der Waals surface area (Å²) in [4.78, 5) is 24.8. The maximum absolute atomic E-state index is 12.4. The predicted octanol–water partition coefficient (Wildman–Crippen LogP) is 7.04. The third-order valence-corrected chi connectivity index (χ3v) is 8.63. The van der Waals surface area contributed by atoms with Gasteiger partial charge in [-0.1, -0.05) is 114 Å². The number of nitrogens with one attached hydrogen (secondary N) is 1. The molecule has 5 N–H and O–H groups in total. The molecule has 0 unspecified atom stereocenters. The van der Waals surface area contributed by atoms with Gasteiger partial charge in [-0.3, -0.25) is 9.59 Å². The van der Waals surface area contributed by atoms with Crippen molar-refractivity contribution in [2.45, 2.75) is 160 Å². The fourth-order valence-corrected chi connectivity index (χ4v) is 5.75. The normalized spacial score (nSPS) is 21.1. The Morgan fingerprint density at radius 1 is 0.822 bits per heavy atom. The fraction of sp³-hybridized carbons (Fsp3) is 0.737. The first-order chi connectivity index (χ1) is 21.8. The maximum Gasteiger partial charge on any atom is 0.220 e. The minimum atomic E-state index is -0.932. The van der Waals surface area contributed by atoms with E-state index in [-0.39, 0.29) is 43.0 Å². The van der Waals surface area contributed by atoms with Crippen molar-refractivity contribution in [1.82, 2.24) is 5.32 Å². The topological polar surface area (TPSA) is 127 Å².